The predicted octanol–water partition coefficient (Wildman–Crippen LogP) is 2.70. The van der Waals surface area contributed by atoms with Crippen LogP contribution in [0.3, 0.4) is 0 Å². The van der Waals surface area contributed by atoms with Crippen molar-refractivity contribution in [2.24, 2.45) is 10.2 Å². The molecule has 0 unspecified atom stereocenters. The lowest BCUT2D eigenvalue weighted by Gasteiger charge is -2.04. The van der Waals surface area contributed by atoms with Gasteiger partial charge >= 0.3 is 0 Å². The van der Waals surface area contributed by atoms with Crippen LogP contribution in [0.25, 0.3) is 0 Å². The van der Waals surface area contributed by atoms with E-state index in [-0.39, 0.29) is 22.7 Å². The number of rotatable bonds is 5. The Morgan fingerprint density at radius 3 is 2.81 bits per heavy atom. The molecule has 134 valence electrons. The highest BCUT2D eigenvalue weighted by Gasteiger charge is 2.30. The number of phenols is 1. The fourth-order valence-corrected chi connectivity index (χ4v) is 3.31. The largest absolute Gasteiger partial charge is 0.504 e. The lowest BCUT2D eigenvalue weighted by Crippen LogP contribution is -2.25. The molecule has 0 aromatic heterocycles. The molecule has 3 rings (SSSR count). The third-order valence-electron chi connectivity index (χ3n) is 3.67. The Morgan fingerprint density at radius 1 is 1.31 bits per heavy atom. The third kappa shape index (κ3) is 4.40. The first kappa shape index (κ1) is 17.9. The van der Waals surface area contributed by atoms with Crippen molar-refractivity contribution in [1.29, 1.82) is 0 Å². The van der Waals surface area contributed by atoms with Crippen LogP contribution < -0.4 is 10.1 Å². The Hall–Kier alpha value is -2.87. The molecule has 1 amide bonds. The first-order valence-electron chi connectivity index (χ1n) is 7.75. The van der Waals surface area contributed by atoms with Crippen LogP contribution in [0.4, 0.5) is 4.39 Å². The third-order valence-corrected chi connectivity index (χ3v) is 4.74. The molecule has 6 nitrogen and oxygen atoms in total. The zero-order valence-corrected chi connectivity index (χ0v) is 14.7. The number of carbonyl (C=O) groups excluding carboxylic acids is 1. The normalized spacial score (nSPS) is 18.5. The van der Waals surface area contributed by atoms with Gasteiger partial charge in [-0.1, -0.05) is 23.9 Å². The van der Waals surface area contributed by atoms with Gasteiger partial charge in [-0.2, -0.15) is 5.10 Å². The highest BCUT2D eigenvalue weighted by molar-refractivity contribution is 8.15. The molecule has 0 spiro atoms. The Balaban J connectivity index is 1.63. The number of thioether (sulfide) groups is 1. The van der Waals surface area contributed by atoms with Gasteiger partial charge in [-0.25, -0.2) is 4.39 Å². The number of hydrogen-bond donors (Lipinski definition) is 2. The molecule has 1 aliphatic heterocycles. The average molecular weight is 373 g/mol. The molecule has 0 radical (unpaired) electrons. The Kier molecular flexibility index (Phi) is 5.52. The first-order chi connectivity index (χ1) is 12.5. The zero-order valence-electron chi connectivity index (χ0n) is 13.8. The Bertz CT molecular complexity index is 868. The maximum atomic E-state index is 12.9. The van der Waals surface area contributed by atoms with Crippen molar-refractivity contribution in [2.45, 2.75) is 11.7 Å². The van der Waals surface area contributed by atoms with E-state index in [2.05, 4.69) is 15.5 Å². The van der Waals surface area contributed by atoms with Gasteiger partial charge in [-0.15, -0.1) is 5.10 Å². The number of halogens is 1. The van der Waals surface area contributed by atoms with Gasteiger partial charge in [0.05, 0.1) is 18.6 Å². The summed E-state index contributed by atoms with van der Waals surface area (Å²) in [5.41, 5.74) is 1.57. The number of carbonyl (C=O) groups is 1. The van der Waals surface area contributed by atoms with E-state index in [9.17, 15) is 14.3 Å². The minimum absolute atomic E-state index is 0.0400. The molecule has 26 heavy (non-hydrogen) atoms. The van der Waals surface area contributed by atoms with Crippen LogP contribution in [-0.4, -0.2) is 34.8 Å². The lowest BCUT2D eigenvalue weighted by molar-refractivity contribution is -0.118. The molecule has 1 aliphatic rings. The van der Waals surface area contributed by atoms with Crippen LogP contribution in [-0.2, 0) is 11.2 Å². The van der Waals surface area contributed by atoms with Crippen LogP contribution in [0.5, 0.6) is 11.5 Å². The van der Waals surface area contributed by atoms with Crippen molar-refractivity contribution in [3.63, 3.8) is 0 Å². The summed E-state index contributed by atoms with van der Waals surface area (Å²) in [5, 5.41) is 20.3. The summed E-state index contributed by atoms with van der Waals surface area (Å²) in [6.45, 7) is 0. The van der Waals surface area contributed by atoms with E-state index < -0.39 is 0 Å². The molecule has 0 bridgehead atoms. The highest BCUT2D eigenvalue weighted by atomic mass is 32.2. The number of nitrogens with zero attached hydrogens (tertiary/aromatic N) is 2. The van der Waals surface area contributed by atoms with E-state index in [1.165, 1.54) is 43.3 Å². The van der Waals surface area contributed by atoms with Crippen LogP contribution >= 0.6 is 11.8 Å². The summed E-state index contributed by atoms with van der Waals surface area (Å²) >= 11 is 1.28. The second-order valence-corrected chi connectivity index (χ2v) is 6.70. The molecule has 8 heteroatoms. The molecule has 0 saturated carbocycles. The number of ether oxygens (including phenoxy) is 1. The average Bonchev–Trinajstić information content (AvgIpc) is 2.98. The van der Waals surface area contributed by atoms with Gasteiger partial charge in [0.15, 0.2) is 16.7 Å². The SMILES string of the molecule is COc1cc(/C=N\N=C2/NC(=O)[C@@H](Cc3ccc(F)cc3)S2)ccc1O. The van der Waals surface area contributed by atoms with E-state index in [0.29, 0.717) is 22.9 Å². The standard InChI is InChI=1S/C18H16FN3O3S/c1-25-15-8-12(4-7-14(15)23)10-20-22-18-21-17(24)16(26-18)9-11-2-5-13(19)6-3-11/h2-8,10,16,23H,9H2,1H3,(H,21,22,24)/b20-10-/t16-/m1/s1. The summed E-state index contributed by atoms with van der Waals surface area (Å²) in [6, 6.07) is 10.9. The van der Waals surface area contributed by atoms with Crippen LogP contribution in [0.1, 0.15) is 11.1 Å². The Labute approximate surface area is 153 Å². The second-order valence-electron chi connectivity index (χ2n) is 5.51. The fourth-order valence-electron chi connectivity index (χ4n) is 2.34. The van der Waals surface area contributed by atoms with Crippen molar-refractivity contribution in [1.82, 2.24) is 5.32 Å². The maximum absolute atomic E-state index is 12.9. The number of phenolic OH excluding ortho intramolecular Hbond substituents is 1. The quantitative estimate of drug-likeness (QED) is 0.624. The van der Waals surface area contributed by atoms with Crippen LogP contribution in [0, 0.1) is 5.82 Å². The number of methoxy groups -OCH3 is 1. The second kappa shape index (κ2) is 8.01. The van der Waals surface area contributed by atoms with Gasteiger partial charge < -0.3 is 15.2 Å². The molecule has 0 aliphatic carbocycles. The molecule has 1 saturated heterocycles. The number of amides is 1. The van der Waals surface area contributed by atoms with Crippen molar-refractivity contribution < 1.29 is 19.0 Å². The van der Waals surface area contributed by atoms with E-state index in [4.69, 9.17) is 4.74 Å². The van der Waals surface area contributed by atoms with Gasteiger partial charge in [0.2, 0.25) is 5.91 Å². The van der Waals surface area contributed by atoms with E-state index >= 15 is 0 Å². The summed E-state index contributed by atoms with van der Waals surface area (Å²) in [5.74, 6) is -0.0815. The highest BCUT2D eigenvalue weighted by Crippen LogP contribution is 2.26. The molecule has 2 N–H and O–H groups in total. The maximum Gasteiger partial charge on any atom is 0.239 e. The summed E-state index contributed by atoms with van der Waals surface area (Å²) in [7, 11) is 1.46. The van der Waals surface area contributed by atoms with Crippen molar-refractivity contribution in [3.05, 3.63) is 59.4 Å². The molecule has 1 heterocycles. The van der Waals surface area contributed by atoms with Crippen molar-refractivity contribution in [3.8, 4) is 11.5 Å². The van der Waals surface area contributed by atoms with Gasteiger partial charge in [-0.05, 0) is 47.9 Å². The molecule has 2 aromatic carbocycles. The van der Waals surface area contributed by atoms with Gasteiger partial charge in [-0.3, -0.25) is 4.79 Å². The molecule has 2 aromatic rings. The summed E-state index contributed by atoms with van der Waals surface area (Å²) in [6.07, 6.45) is 1.98. The number of hydrogen-bond acceptors (Lipinski definition) is 6. The smallest absolute Gasteiger partial charge is 0.239 e. The summed E-state index contributed by atoms with van der Waals surface area (Å²) in [4.78, 5) is 12.0. The van der Waals surface area contributed by atoms with Crippen molar-refractivity contribution in [2.75, 3.05) is 7.11 Å². The topological polar surface area (TPSA) is 83.3 Å². The number of benzene rings is 2. The lowest BCUT2D eigenvalue weighted by atomic mass is 10.1. The van der Waals surface area contributed by atoms with E-state index in [0.717, 1.165) is 5.56 Å². The monoisotopic (exact) mass is 373 g/mol. The van der Waals surface area contributed by atoms with Crippen LogP contribution in [0.2, 0.25) is 0 Å². The molecular weight excluding hydrogens is 357 g/mol. The predicted molar refractivity (Wildman–Crippen MR) is 99.3 cm³/mol. The minimum Gasteiger partial charge on any atom is -0.504 e. The summed E-state index contributed by atoms with van der Waals surface area (Å²) < 4.78 is 18.0. The van der Waals surface area contributed by atoms with Gasteiger partial charge in [0, 0.05) is 0 Å². The molecule has 1 fully saturated rings. The molecular formula is C18H16FN3O3S. The van der Waals surface area contributed by atoms with Crippen molar-refractivity contribution >= 4 is 29.1 Å². The van der Waals surface area contributed by atoms with Gasteiger partial charge in [0.1, 0.15) is 5.82 Å². The zero-order chi connectivity index (χ0) is 18.5. The van der Waals surface area contributed by atoms with E-state index in [1.807, 2.05) is 0 Å². The number of aromatic hydroxyl groups is 1. The molecule has 1 atom stereocenters. The van der Waals surface area contributed by atoms with Crippen LogP contribution in [0.15, 0.2) is 52.7 Å². The first-order valence-corrected chi connectivity index (χ1v) is 8.63. The minimum atomic E-state index is -0.330. The number of amidine groups is 1. The Morgan fingerprint density at radius 2 is 2.08 bits per heavy atom. The fraction of sp³-hybridized carbons (Fsp3) is 0.167. The number of nitrogens with one attached hydrogen (secondary N) is 1. The van der Waals surface area contributed by atoms with E-state index in [1.54, 1.807) is 24.3 Å². The van der Waals surface area contributed by atoms with Gasteiger partial charge in [0.25, 0.3) is 0 Å².